The van der Waals surface area contributed by atoms with Crippen LogP contribution in [0.5, 0.6) is 5.75 Å². The topological polar surface area (TPSA) is 84.5 Å². The van der Waals surface area contributed by atoms with Gasteiger partial charge in [-0.3, -0.25) is 9.52 Å². The van der Waals surface area contributed by atoms with E-state index in [1.54, 1.807) is 35.7 Å². The number of rotatable bonds is 8. The smallest absolute Gasteiger partial charge is 0.271 e. The van der Waals surface area contributed by atoms with Gasteiger partial charge in [0.25, 0.3) is 15.9 Å². The maximum absolute atomic E-state index is 12.3. The van der Waals surface area contributed by atoms with Gasteiger partial charge in [0.05, 0.1) is 6.54 Å². The fourth-order valence-corrected chi connectivity index (χ4v) is 5.06. The predicted octanol–water partition coefficient (Wildman–Crippen LogP) is 4.51. The van der Waals surface area contributed by atoms with Gasteiger partial charge in [-0.15, -0.1) is 11.3 Å². The molecule has 0 saturated heterocycles. The molecule has 1 amide bonds. The number of benzene rings is 3. The number of hydrogen-bond acceptors (Lipinski definition) is 5. The number of nitrogens with one attached hydrogen (secondary N) is 2. The molecule has 2 N–H and O–H groups in total. The van der Waals surface area contributed by atoms with Gasteiger partial charge in [-0.1, -0.05) is 36.4 Å². The summed E-state index contributed by atoms with van der Waals surface area (Å²) in [6.45, 7) is 0.682. The van der Waals surface area contributed by atoms with E-state index in [9.17, 15) is 13.2 Å². The zero-order valence-corrected chi connectivity index (χ0v) is 18.1. The Hall–Kier alpha value is -3.36. The Morgan fingerprint density at radius 2 is 1.68 bits per heavy atom. The normalized spacial score (nSPS) is 11.2. The standard InChI is InChI=1S/C23H20N2O4S2/c26-23(24-13-14-29-21-12-9-17-4-1-2-5-19(17)16-21)18-7-10-20(11-8-18)25-31(27,28)22-6-3-15-30-22/h1-12,15-16,25H,13-14H2,(H,24,26). The van der Waals surface area contributed by atoms with Crippen molar-refractivity contribution in [2.45, 2.75) is 4.21 Å². The number of carbonyl (C=O) groups is 1. The van der Waals surface area contributed by atoms with Crippen molar-refractivity contribution in [1.82, 2.24) is 5.32 Å². The summed E-state index contributed by atoms with van der Waals surface area (Å²) in [7, 11) is -3.61. The summed E-state index contributed by atoms with van der Waals surface area (Å²) in [5.74, 6) is 0.491. The first-order valence-electron chi connectivity index (χ1n) is 9.57. The molecule has 0 saturated carbocycles. The van der Waals surface area contributed by atoms with Crippen LogP contribution in [0.4, 0.5) is 5.69 Å². The van der Waals surface area contributed by atoms with E-state index in [4.69, 9.17) is 4.74 Å². The predicted molar refractivity (Wildman–Crippen MR) is 123 cm³/mol. The van der Waals surface area contributed by atoms with Crippen molar-refractivity contribution < 1.29 is 17.9 Å². The molecule has 0 aliphatic rings. The Labute approximate surface area is 184 Å². The van der Waals surface area contributed by atoms with E-state index < -0.39 is 10.0 Å². The van der Waals surface area contributed by atoms with Crippen LogP contribution in [0, 0.1) is 0 Å². The highest BCUT2D eigenvalue weighted by molar-refractivity contribution is 7.94. The van der Waals surface area contributed by atoms with E-state index in [0.29, 0.717) is 24.4 Å². The zero-order valence-electron chi connectivity index (χ0n) is 16.4. The summed E-state index contributed by atoms with van der Waals surface area (Å²) in [5.41, 5.74) is 0.828. The zero-order chi connectivity index (χ0) is 21.7. The van der Waals surface area contributed by atoms with Gasteiger partial charge < -0.3 is 10.1 Å². The number of hydrogen-bond donors (Lipinski definition) is 2. The van der Waals surface area contributed by atoms with E-state index >= 15 is 0 Å². The lowest BCUT2D eigenvalue weighted by molar-refractivity contribution is 0.0947. The highest BCUT2D eigenvalue weighted by Crippen LogP contribution is 2.21. The van der Waals surface area contributed by atoms with E-state index in [-0.39, 0.29) is 10.1 Å². The lowest BCUT2D eigenvalue weighted by atomic mass is 10.1. The average molecular weight is 453 g/mol. The second-order valence-corrected chi connectivity index (χ2v) is 9.59. The Kier molecular flexibility index (Phi) is 6.20. The minimum atomic E-state index is -3.61. The third-order valence-electron chi connectivity index (χ3n) is 4.54. The van der Waals surface area contributed by atoms with Crippen LogP contribution in [0.3, 0.4) is 0 Å². The number of amides is 1. The third kappa shape index (κ3) is 5.22. The average Bonchev–Trinajstić information content (AvgIpc) is 3.33. The molecule has 0 spiro atoms. The Balaban J connectivity index is 1.27. The number of anilines is 1. The van der Waals surface area contributed by atoms with Crippen LogP contribution in [0.1, 0.15) is 10.4 Å². The second kappa shape index (κ2) is 9.20. The number of ether oxygens (including phenoxy) is 1. The van der Waals surface area contributed by atoms with Gasteiger partial charge >= 0.3 is 0 Å². The fourth-order valence-electron chi connectivity index (χ4n) is 3.00. The number of thiophene rings is 1. The monoisotopic (exact) mass is 452 g/mol. The van der Waals surface area contributed by atoms with Crippen molar-refractivity contribution >= 4 is 43.7 Å². The van der Waals surface area contributed by atoms with Crippen LogP contribution < -0.4 is 14.8 Å². The minimum Gasteiger partial charge on any atom is -0.492 e. The molecule has 8 heteroatoms. The van der Waals surface area contributed by atoms with Crippen molar-refractivity contribution in [3.63, 3.8) is 0 Å². The number of sulfonamides is 1. The van der Waals surface area contributed by atoms with Gasteiger partial charge in [0, 0.05) is 11.3 Å². The molecule has 0 atom stereocenters. The highest BCUT2D eigenvalue weighted by Gasteiger charge is 2.15. The van der Waals surface area contributed by atoms with Crippen LogP contribution in [-0.4, -0.2) is 27.5 Å². The summed E-state index contributed by atoms with van der Waals surface area (Å²) in [5, 5.41) is 6.73. The summed E-state index contributed by atoms with van der Waals surface area (Å²) in [6, 6.07) is 23.4. The van der Waals surface area contributed by atoms with Crippen molar-refractivity contribution in [1.29, 1.82) is 0 Å². The largest absolute Gasteiger partial charge is 0.492 e. The molecule has 0 bridgehead atoms. The molecule has 1 heterocycles. The second-order valence-electron chi connectivity index (χ2n) is 6.73. The fraction of sp³-hybridized carbons (Fsp3) is 0.0870. The molecule has 1 aromatic heterocycles. The molecule has 0 unspecified atom stereocenters. The first kappa shape index (κ1) is 20.9. The molecule has 31 heavy (non-hydrogen) atoms. The van der Waals surface area contributed by atoms with Crippen molar-refractivity contribution in [3.05, 3.63) is 89.8 Å². The summed E-state index contributed by atoms with van der Waals surface area (Å²) in [6.07, 6.45) is 0. The molecular formula is C23H20N2O4S2. The van der Waals surface area contributed by atoms with E-state index in [0.717, 1.165) is 27.9 Å². The van der Waals surface area contributed by atoms with Gasteiger partial charge in [0.1, 0.15) is 16.6 Å². The number of carbonyl (C=O) groups excluding carboxylic acids is 1. The molecule has 0 aliphatic heterocycles. The van der Waals surface area contributed by atoms with Crippen molar-refractivity contribution in [2.75, 3.05) is 17.9 Å². The summed E-state index contributed by atoms with van der Waals surface area (Å²) < 4.78 is 33.0. The van der Waals surface area contributed by atoms with Gasteiger partial charge in [-0.25, -0.2) is 8.42 Å². The van der Waals surface area contributed by atoms with Crippen LogP contribution in [-0.2, 0) is 10.0 Å². The maximum Gasteiger partial charge on any atom is 0.271 e. The molecule has 0 aliphatic carbocycles. The molecule has 0 fully saturated rings. The maximum atomic E-state index is 12.3. The lowest BCUT2D eigenvalue weighted by Gasteiger charge is -2.10. The van der Waals surface area contributed by atoms with Gasteiger partial charge in [-0.05, 0) is 58.6 Å². The lowest BCUT2D eigenvalue weighted by Crippen LogP contribution is -2.28. The van der Waals surface area contributed by atoms with Crippen molar-refractivity contribution in [3.8, 4) is 5.75 Å². The number of fused-ring (bicyclic) bond motifs is 1. The summed E-state index contributed by atoms with van der Waals surface area (Å²) in [4.78, 5) is 12.3. The minimum absolute atomic E-state index is 0.237. The molecular weight excluding hydrogens is 432 g/mol. The molecule has 3 aromatic carbocycles. The highest BCUT2D eigenvalue weighted by atomic mass is 32.2. The molecule has 0 radical (unpaired) electrons. The Bertz CT molecular complexity index is 1280. The molecule has 4 aromatic rings. The Morgan fingerprint density at radius 1 is 0.903 bits per heavy atom. The molecule has 158 valence electrons. The Morgan fingerprint density at radius 3 is 2.42 bits per heavy atom. The van der Waals surface area contributed by atoms with Crippen molar-refractivity contribution in [2.24, 2.45) is 0 Å². The first-order valence-corrected chi connectivity index (χ1v) is 11.9. The van der Waals surface area contributed by atoms with Gasteiger partial charge in [0.15, 0.2) is 0 Å². The van der Waals surface area contributed by atoms with Crippen LogP contribution in [0.2, 0.25) is 0 Å². The van der Waals surface area contributed by atoms with Crippen LogP contribution in [0.15, 0.2) is 88.5 Å². The quantitative estimate of drug-likeness (QED) is 0.385. The van der Waals surface area contributed by atoms with E-state index in [1.807, 2.05) is 42.5 Å². The van der Waals surface area contributed by atoms with Gasteiger partial charge in [0.2, 0.25) is 0 Å². The van der Waals surface area contributed by atoms with E-state index in [1.165, 1.54) is 6.07 Å². The SMILES string of the molecule is O=C(NCCOc1ccc2ccccc2c1)c1ccc(NS(=O)(=O)c2cccs2)cc1. The van der Waals surface area contributed by atoms with Crippen LogP contribution in [0.25, 0.3) is 10.8 Å². The van der Waals surface area contributed by atoms with Gasteiger partial charge in [-0.2, -0.15) is 0 Å². The van der Waals surface area contributed by atoms with E-state index in [2.05, 4.69) is 10.0 Å². The van der Waals surface area contributed by atoms with Crippen LogP contribution >= 0.6 is 11.3 Å². The summed E-state index contributed by atoms with van der Waals surface area (Å²) >= 11 is 1.14. The molecule has 6 nitrogen and oxygen atoms in total. The first-order chi connectivity index (χ1) is 15.0. The molecule has 4 rings (SSSR count). The third-order valence-corrected chi connectivity index (χ3v) is 7.32.